The molecule has 120 valence electrons. The number of ether oxygens (including phenoxy) is 1. The normalized spacial score (nSPS) is 11.4. The van der Waals surface area contributed by atoms with E-state index in [0.717, 1.165) is 0 Å². The van der Waals surface area contributed by atoms with Gasteiger partial charge in [0.05, 0.1) is 17.3 Å². The monoisotopic (exact) mass is 332 g/mol. The van der Waals surface area contributed by atoms with Crippen LogP contribution in [0.4, 0.5) is 10.5 Å². The molecule has 1 unspecified atom stereocenters. The van der Waals surface area contributed by atoms with E-state index in [2.05, 4.69) is 10.6 Å². The molecular formula is C17H17ClN2O3. The summed E-state index contributed by atoms with van der Waals surface area (Å²) in [7, 11) is 0. The first-order valence-electron chi connectivity index (χ1n) is 7.15. The maximum Gasteiger partial charge on any atom is 0.409 e. The number of nitrogens with one attached hydrogen (secondary N) is 2. The first kappa shape index (κ1) is 16.8. The molecule has 6 heteroatoms. The molecule has 2 aromatic rings. The maximum atomic E-state index is 12.6. The number of carbonyl (C=O) groups is 2. The number of hydrogen-bond acceptors (Lipinski definition) is 4. The topological polar surface area (TPSA) is 67.4 Å². The number of hydrogen-bond donors (Lipinski definition) is 2. The second kappa shape index (κ2) is 8.19. The van der Waals surface area contributed by atoms with Crippen molar-refractivity contribution >= 4 is 29.2 Å². The standard InChI is InChI=1S/C17H17ClN2O3/c1-2-23-17(22)20-16(15(21)12-8-4-3-5-9-12)19-14-11-7-6-10-13(14)18/h3-11,16,19H,2H2,1H3,(H,20,22). The average molecular weight is 333 g/mol. The number of para-hydroxylation sites is 1. The molecule has 23 heavy (non-hydrogen) atoms. The van der Waals surface area contributed by atoms with Gasteiger partial charge in [0, 0.05) is 5.56 Å². The molecule has 0 radical (unpaired) electrons. The van der Waals surface area contributed by atoms with Crippen molar-refractivity contribution in [3.8, 4) is 0 Å². The summed E-state index contributed by atoms with van der Waals surface area (Å²) in [4.78, 5) is 24.3. The largest absolute Gasteiger partial charge is 0.450 e. The molecule has 0 saturated carbocycles. The molecule has 0 heterocycles. The highest BCUT2D eigenvalue weighted by Crippen LogP contribution is 2.21. The molecule has 0 aliphatic carbocycles. The van der Waals surface area contributed by atoms with Gasteiger partial charge in [0.2, 0.25) is 5.78 Å². The fraction of sp³-hybridized carbons (Fsp3) is 0.176. The number of carbonyl (C=O) groups excluding carboxylic acids is 2. The van der Waals surface area contributed by atoms with Gasteiger partial charge in [0.1, 0.15) is 0 Å². The van der Waals surface area contributed by atoms with Crippen molar-refractivity contribution in [1.82, 2.24) is 5.32 Å². The first-order chi connectivity index (χ1) is 11.1. The molecule has 0 aliphatic heterocycles. The van der Waals surface area contributed by atoms with Gasteiger partial charge in [0.15, 0.2) is 6.17 Å². The lowest BCUT2D eigenvalue weighted by Crippen LogP contribution is -2.46. The summed E-state index contributed by atoms with van der Waals surface area (Å²) in [6.07, 6.45) is -1.67. The van der Waals surface area contributed by atoms with E-state index in [1.54, 1.807) is 55.5 Å². The third-order valence-corrected chi connectivity index (χ3v) is 3.36. The Kier molecular flexibility index (Phi) is 6.00. The molecule has 1 amide bonds. The highest BCUT2D eigenvalue weighted by Gasteiger charge is 2.23. The van der Waals surface area contributed by atoms with Gasteiger partial charge in [-0.05, 0) is 19.1 Å². The molecule has 0 spiro atoms. The van der Waals surface area contributed by atoms with Gasteiger partial charge >= 0.3 is 6.09 Å². The molecule has 0 aromatic heterocycles. The first-order valence-corrected chi connectivity index (χ1v) is 7.53. The Bertz CT molecular complexity index is 677. The fourth-order valence-electron chi connectivity index (χ4n) is 1.96. The Balaban J connectivity index is 2.23. The summed E-state index contributed by atoms with van der Waals surface area (Å²) < 4.78 is 4.85. The Labute approximate surface area is 139 Å². The predicted octanol–water partition coefficient (Wildman–Crippen LogP) is 3.71. The Morgan fingerprint density at radius 3 is 2.39 bits per heavy atom. The summed E-state index contributed by atoms with van der Waals surface area (Å²) in [5.41, 5.74) is 1.01. The highest BCUT2D eigenvalue weighted by atomic mass is 35.5. The molecule has 2 rings (SSSR count). The van der Waals surface area contributed by atoms with E-state index in [9.17, 15) is 9.59 Å². The molecule has 1 atom stereocenters. The van der Waals surface area contributed by atoms with Crippen LogP contribution in [0.25, 0.3) is 0 Å². The van der Waals surface area contributed by atoms with Crippen molar-refractivity contribution < 1.29 is 14.3 Å². The van der Waals surface area contributed by atoms with E-state index in [0.29, 0.717) is 16.3 Å². The van der Waals surface area contributed by atoms with Crippen molar-refractivity contribution in [1.29, 1.82) is 0 Å². The third-order valence-electron chi connectivity index (χ3n) is 3.03. The molecule has 0 aliphatic rings. The molecule has 0 saturated heterocycles. The van der Waals surface area contributed by atoms with Crippen LogP contribution in [0.3, 0.4) is 0 Å². The summed E-state index contributed by atoms with van der Waals surface area (Å²) in [5.74, 6) is -0.293. The van der Waals surface area contributed by atoms with E-state index in [4.69, 9.17) is 16.3 Å². The molecular weight excluding hydrogens is 316 g/mol. The van der Waals surface area contributed by atoms with Crippen LogP contribution in [-0.4, -0.2) is 24.6 Å². The molecule has 0 bridgehead atoms. The lowest BCUT2D eigenvalue weighted by atomic mass is 10.1. The van der Waals surface area contributed by atoms with E-state index in [-0.39, 0.29) is 12.4 Å². The van der Waals surface area contributed by atoms with Crippen LogP contribution >= 0.6 is 11.6 Å². The number of amides is 1. The van der Waals surface area contributed by atoms with Crippen LogP contribution < -0.4 is 10.6 Å². The zero-order valence-electron chi connectivity index (χ0n) is 12.6. The van der Waals surface area contributed by atoms with Crippen LogP contribution in [0.5, 0.6) is 0 Å². The van der Waals surface area contributed by atoms with Crippen LogP contribution in [0, 0.1) is 0 Å². The highest BCUT2D eigenvalue weighted by molar-refractivity contribution is 6.33. The Hall–Kier alpha value is -2.53. The van der Waals surface area contributed by atoms with Crippen LogP contribution in [0.1, 0.15) is 17.3 Å². The quantitative estimate of drug-likeness (QED) is 0.625. The van der Waals surface area contributed by atoms with Gasteiger partial charge in [-0.1, -0.05) is 54.1 Å². The van der Waals surface area contributed by atoms with E-state index >= 15 is 0 Å². The molecule has 2 N–H and O–H groups in total. The van der Waals surface area contributed by atoms with Crippen molar-refractivity contribution in [2.24, 2.45) is 0 Å². The fourth-order valence-corrected chi connectivity index (χ4v) is 2.15. The van der Waals surface area contributed by atoms with Gasteiger partial charge in [-0.15, -0.1) is 0 Å². The number of anilines is 1. The smallest absolute Gasteiger partial charge is 0.409 e. The van der Waals surface area contributed by atoms with Gasteiger partial charge in [-0.3, -0.25) is 10.1 Å². The number of alkyl carbamates (subject to hydrolysis) is 1. The van der Waals surface area contributed by atoms with Crippen molar-refractivity contribution in [3.63, 3.8) is 0 Å². The number of benzene rings is 2. The SMILES string of the molecule is CCOC(=O)NC(Nc1ccccc1Cl)C(=O)c1ccccc1. The zero-order valence-corrected chi connectivity index (χ0v) is 13.3. The number of ketones is 1. The molecule has 2 aromatic carbocycles. The minimum atomic E-state index is -0.989. The van der Waals surface area contributed by atoms with Crippen molar-refractivity contribution in [3.05, 3.63) is 65.2 Å². The van der Waals surface area contributed by atoms with Crippen molar-refractivity contribution in [2.45, 2.75) is 13.1 Å². The van der Waals surface area contributed by atoms with E-state index in [1.165, 1.54) is 0 Å². The summed E-state index contributed by atoms with van der Waals surface area (Å²) in [6.45, 7) is 1.90. The summed E-state index contributed by atoms with van der Waals surface area (Å²) in [6, 6.07) is 15.6. The van der Waals surface area contributed by atoms with Crippen LogP contribution in [0.2, 0.25) is 5.02 Å². The van der Waals surface area contributed by atoms with E-state index < -0.39 is 12.3 Å². The maximum absolute atomic E-state index is 12.6. The van der Waals surface area contributed by atoms with Crippen LogP contribution in [-0.2, 0) is 4.74 Å². The second-order valence-corrected chi connectivity index (χ2v) is 5.06. The molecule has 0 fully saturated rings. The van der Waals surface area contributed by atoms with Gasteiger partial charge in [0.25, 0.3) is 0 Å². The number of rotatable bonds is 6. The Morgan fingerprint density at radius 1 is 1.09 bits per heavy atom. The lowest BCUT2D eigenvalue weighted by Gasteiger charge is -2.20. The van der Waals surface area contributed by atoms with Gasteiger partial charge in [-0.2, -0.15) is 0 Å². The number of halogens is 1. The predicted molar refractivity (Wildman–Crippen MR) is 89.8 cm³/mol. The summed E-state index contributed by atoms with van der Waals surface area (Å²) >= 11 is 6.10. The third kappa shape index (κ3) is 4.72. The summed E-state index contributed by atoms with van der Waals surface area (Å²) in [5, 5.41) is 5.90. The average Bonchev–Trinajstić information content (AvgIpc) is 2.56. The van der Waals surface area contributed by atoms with Crippen molar-refractivity contribution in [2.75, 3.05) is 11.9 Å². The number of Topliss-reactive ketones (excluding diaryl/α,β-unsaturated/α-hetero) is 1. The van der Waals surface area contributed by atoms with Gasteiger partial charge in [-0.25, -0.2) is 4.79 Å². The van der Waals surface area contributed by atoms with E-state index in [1.807, 2.05) is 6.07 Å². The minimum Gasteiger partial charge on any atom is -0.450 e. The minimum absolute atomic E-state index is 0.212. The zero-order chi connectivity index (χ0) is 16.7. The van der Waals surface area contributed by atoms with Crippen LogP contribution in [0.15, 0.2) is 54.6 Å². The Morgan fingerprint density at radius 2 is 1.74 bits per heavy atom. The second-order valence-electron chi connectivity index (χ2n) is 4.65. The van der Waals surface area contributed by atoms with Gasteiger partial charge < -0.3 is 10.1 Å². The molecule has 5 nitrogen and oxygen atoms in total. The lowest BCUT2D eigenvalue weighted by molar-refractivity contribution is 0.0938.